The fourth-order valence-corrected chi connectivity index (χ4v) is 3.34. The monoisotopic (exact) mass is 299 g/mol. The predicted molar refractivity (Wildman–Crippen MR) is 77.0 cm³/mol. The zero-order valence-electron chi connectivity index (χ0n) is 12.1. The van der Waals surface area contributed by atoms with Crippen LogP contribution in [0, 0.1) is 13.8 Å². The number of piperazine rings is 1. The van der Waals surface area contributed by atoms with Crippen LogP contribution in [0.4, 0.5) is 0 Å². The summed E-state index contributed by atoms with van der Waals surface area (Å²) < 4.78 is 24.3. The van der Waals surface area contributed by atoms with E-state index in [0.717, 1.165) is 17.0 Å². The van der Waals surface area contributed by atoms with Gasteiger partial charge in [0.15, 0.2) is 0 Å². The molecular weight excluding hydrogens is 278 g/mol. The fraction of sp³-hybridized carbons (Fsp3) is 0.615. The minimum Gasteiger partial charge on any atom is -0.362 e. The summed E-state index contributed by atoms with van der Waals surface area (Å²) in [6.45, 7) is 5.62. The Balaban J connectivity index is 1.94. The normalized spacial score (nSPS) is 17.4. The molecule has 1 amide bonds. The van der Waals surface area contributed by atoms with Gasteiger partial charge in [0.2, 0.25) is 15.9 Å². The molecule has 1 fully saturated rings. The van der Waals surface area contributed by atoms with Gasteiger partial charge in [0.1, 0.15) is 0 Å². The van der Waals surface area contributed by atoms with Gasteiger partial charge in [-0.2, -0.15) is 4.31 Å². The van der Waals surface area contributed by atoms with Crippen molar-refractivity contribution >= 4 is 15.9 Å². The Morgan fingerprint density at radius 2 is 1.85 bits per heavy atom. The van der Waals surface area contributed by atoms with E-state index in [1.165, 1.54) is 10.6 Å². The zero-order chi connectivity index (χ0) is 14.9. The number of nitrogens with one attached hydrogen (secondary N) is 1. The van der Waals surface area contributed by atoms with Crippen molar-refractivity contribution in [1.82, 2.24) is 14.2 Å². The molecule has 1 saturated heterocycles. The number of aromatic nitrogens is 1. The maximum atomic E-state index is 12.2. The van der Waals surface area contributed by atoms with Crippen LogP contribution >= 0.6 is 0 Å². The number of rotatable bonds is 3. The van der Waals surface area contributed by atoms with Crippen molar-refractivity contribution in [2.75, 3.05) is 32.4 Å². The van der Waals surface area contributed by atoms with Crippen molar-refractivity contribution in [3.8, 4) is 0 Å². The first-order valence-electron chi connectivity index (χ1n) is 6.65. The Labute approximate surface area is 119 Å². The number of H-pyrrole nitrogens is 1. The fourth-order valence-electron chi connectivity index (χ4n) is 2.51. The Bertz CT molecular complexity index is 598. The van der Waals surface area contributed by atoms with Crippen molar-refractivity contribution in [1.29, 1.82) is 0 Å². The van der Waals surface area contributed by atoms with E-state index in [-0.39, 0.29) is 5.91 Å². The third-order valence-electron chi connectivity index (χ3n) is 3.66. The van der Waals surface area contributed by atoms with E-state index in [9.17, 15) is 13.2 Å². The van der Waals surface area contributed by atoms with Crippen LogP contribution in [0.15, 0.2) is 6.07 Å². The average Bonchev–Trinajstić information content (AvgIpc) is 2.67. The highest BCUT2D eigenvalue weighted by Gasteiger charge is 2.26. The van der Waals surface area contributed by atoms with Crippen molar-refractivity contribution in [2.45, 2.75) is 20.3 Å². The first-order chi connectivity index (χ1) is 9.27. The first kappa shape index (κ1) is 15.1. The molecule has 2 rings (SSSR count). The summed E-state index contributed by atoms with van der Waals surface area (Å²) in [4.78, 5) is 17.2. The molecule has 1 N–H and O–H groups in total. The van der Waals surface area contributed by atoms with Gasteiger partial charge in [-0.05, 0) is 25.5 Å². The summed E-state index contributed by atoms with van der Waals surface area (Å²) in [5, 5.41) is 0. The molecule has 0 radical (unpaired) electrons. The Morgan fingerprint density at radius 3 is 2.30 bits per heavy atom. The lowest BCUT2D eigenvalue weighted by Gasteiger charge is -2.33. The van der Waals surface area contributed by atoms with E-state index in [0.29, 0.717) is 32.6 Å². The van der Waals surface area contributed by atoms with Crippen LogP contribution in [0.2, 0.25) is 0 Å². The van der Waals surface area contributed by atoms with Gasteiger partial charge < -0.3 is 9.88 Å². The largest absolute Gasteiger partial charge is 0.362 e. The number of nitrogens with zero attached hydrogens (tertiary/aromatic N) is 2. The standard InChI is InChI=1S/C13H21N3O3S/c1-10-8-12(11(2)14-10)9-13(17)15-4-6-16(7-5-15)20(3,18)19/h8,14H,4-7,9H2,1-3H3. The lowest BCUT2D eigenvalue weighted by molar-refractivity contribution is -0.131. The lowest BCUT2D eigenvalue weighted by Crippen LogP contribution is -2.50. The predicted octanol–water partition coefficient (Wildman–Crippen LogP) is 0.278. The number of carbonyl (C=O) groups excluding carboxylic acids is 1. The summed E-state index contributed by atoms with van der Waals surface area (Å²) in [7, 11) is -3.15. The van der Waals surface area contributed by atoms with Gasteiger partial charge in [0.05, 0.1) is 12.7 Å². The highest BCUT2D eigenvalue weighted by molar-refractivity contribution is 7.88. The number of hydrogen-bond acceptors (Lipinski definition) is 3. The van der Waals surface area contributed by atoms with Gasteiger partial charge in [-0.25, -0.2) is 8.42 Å². The number of sulfonamides is 1. The number of aromatic amines is 1. The molecule has 0 unspecified atom stereocenters. The summed E-state index contributed by atoms with van der Waals surface area (Å²) in [6.07, 6.45) is 1.57. The quantitative estimate of drug-likeness (QED) is 0.871. The molecule has 0 spiro atoms. The summed E-state index contributed by atoms with van der Waals surface area (Å²) in [5.41, 5.74) is 3.08. The molecule has 0 saturated carbocycles. The second-order valence-corrected chi connectivity index (χ2v) is 7.30. The van der Waals surface area contributed by atoms with Gasteiger partial charge in [0.25, 0.3) is 0 Å². The molecule has 1 aromatic rings. The SMILES string of the molecule is Cc1cc(CC(=O)N2CCN(S(C)(=O)=O)CC2)c(C)[nH]1. The average molecular weight is 299 g/mol. The second kappa shape index (κ2) is 5.57. The molecule has 1 aliphatic rings. The topological polar surface area (TPSA) is 73.5 Å². The maximum Gasteiger partial charge on any atom is 0.227 e. The Morgan fingerprint density at radius 1 is 1.25 bits per heavy atom. The minimum absolute atomic E-state index is 0.0558. The number of carbonyl (C=O) groups is 1. The van der Waals surface area contributed by atoms with Crippen LogP contribution in [0.1, 0.15) is 17.0 Å². The first-order valence-corrected chi connectivity index (χ1v) is 8.50. The van der Waals surface area contributed by atoms with Gasteiger partial charge in [-0.15, -0.1) is 0 Å². The van der Waals surface area contributed by atoms with Gasteiger partial charge in [-0.3, -0.25) is 4.79 Å². The number of amides is 1. The summed E-state index contributed by atoms with van der Waals surface area (Å²) in [6, 6.07) is 1.99. The van der Waals surface area contributed by atoms with Crippen LogP contribution in [0.3, 0.4) is 0 Å². The molecule has 1 aromatic heterocycles. The molecule has 0 aliphatic carbocycles. The van der Waals surface area contributed by atoms with Crippen molar-refractivity contribution in [3.63, 3.8) is 0 Å². The molecule has 0 aromatic carbocycles. The van der Waals surface area contributed by atoms with E-state index in [4.69, 9.17) is 0 Å². The molecule has 20 heavy (non-hydrogen) atoms. The van der Waals surface area contributed by atoms with Crippen LogP contribution in [-0.4, -0.2) is 60.9 Å². The van der Waals surface area contributed by atoms with E-state index < -0.39 is 10.0 Å². The molecule has 6 nitrogen and oxygen atoms in total. The highest BCUT2D eigenvalue weighted by atomic mass is 32.2. The van der Waals surface area contributed by atoms with E-state index in [1.807, 2.05) is 19.9 Å². The summed E-state index contributed by atoms with van der Waals surface area (Å²) in [5.74, 6) is 0.0558. The van der Waals surface area contributed by atoms with Gasteiger partial charge >= 0.3 is 0 Å². The molecule has 112 valence electrons. The third kappa shape index (κ3) is 3.40. The van der Waals surface area contributed by atoms with E-state index in [1.54, 1.807) is 4.90 Å². The number of hydrogen-bond donors (Lipinski definition) is 1. The second-order valence-electron chi connectivity index (χ2n) is 5.32. The molecule has 2 heterocycles. The van der Waals surface area contributed by atoms with Crippen molar-refractivity contribution in [3.05, 3.63) is 23.0 Å². The molecule has 0 bridgehead atoms. The molecule has 7 heteroatoms. The van der Waals surface area contributed by atoms with Crippen LogP contribution in [0.25, 0.3) is 0 Å². The maximum absolute atomic E-state index is 12.2. The van der Waals surface area contributed by atoms with Crippen LogP contribution in [0.5, 0.6) is 0 Å². The molecule has 0 atom stereocenters. The van der Waals surface area contributed by atoms with Crippen molar-refractivity contribution in [2.24, 2.45) is 0 Å². The van der Waals surface area contributed by atoms with E-state index in [2.05, 4.69) is 4.98 Å². The third-order valence-corrected chi connectivity index (χ3v) is 4.96. The van der Waals surface area contributed by atoms with E-state index >= 15 is 0 Å². The Hall–Kier alpha value is -1.34. The van der Waals surface area contributed by atoms with Gasteiger partial charge in [-0.1, -0.05) is 0 Å². The molecule has 1 aliphatic heterocycles. The summed E-state index contributed by atoms with van der Waals surface area (Å²) >= 11 is 0. The molecular formula is C13H21N3O3S. The van der Waals surface area contributed by atoms with Crippen molar-refractivity contribution < 1.29 is 13.2 Å². The smallest absolute Gasteiger partial charge is 0.227 e. The number of aryl methyl sites for hydroxylation is 2. The van der Waals surface area contributed by atoms with Gasteiger partial charge in [0, 0.05) is 37.6 Å². The lowest BCUT2D eigenvalue weighted by atomic mass is 10.1. The van der Waals surface area contributed by atoms with Crippen LogP contribution in [-0.2, 0) is 21.2 Å². The van der Waals surface area contributed by atoms with Crippen LogP contribution < -0.4 is 0 Å². The minimum atomic E-state index is -3.15. The highest BCUT2D eigenvalue weighted by Crippen LogP contribution is 2.13. The zero-order valence-corrected chi connectivity index (χ0v) is 13.0. The Kier molecular flexibility index (Phi) is 4.19.